The van der Waals surface area contributed by atoms with Gasteiger partial charge in [0.2, 0.25) is 0 Å². The van der Waals surface area contributed by atoms with Gasteiger partial charge in [0.1, 0.15) is 11.2 Å². The van der Waals surface area contributed by atoms with Crippen LogP contribution in [0, 0.1) is 0 Å². The van der Waals surface area contributed by atoms with Gasteiger partial charge in [0.05, 0.1) is 0 Å². The molecule has 1 heteroatoms. The number of fused-ring (bicyclic) bond motifs is 6. The van der Waals surface area contributed by atoms with E-state index in [1.807, 2.05) is 0 Å². The Kier molecular flexibility index (Phi) is 5.27. The van der Waals surface area contributed by atoms with Crippen LogP contribution in [0.1, 0.15) is 0 Å². The maximum atomic E-state index is 6.63. The molecule has 8 aromatic carbocycles. The van der Waals surface area contributed by atoms with E-state index < -0.39 is 0 Å². The van der Waals surface area contributed by atoms with Gasteiger partial charge in [-0.15, -0.1) is 0 Å². The molecule has 9 rings (SSSR count). The summed E-state index contributed by atoms with van der Waals surface area (Å²) in [6.07, 6.45) is 0. The molecule has 43 heavy (non-hydrogen) atoms. The van der Waals surface area contributed by atoms with Crippen molar-refractivity contribution in [1.82, 2.24) is 0 Å². The standard InChI is InChI=1S/C42H26O/c1-3-13-27(14-4-1)30-22-11-17-29-25-37-39(26-36(29)30)43-38-24-12-23-35(42(37)38)41-33-20-9-7-18-31(33)40(28-15-5-2-6-16-28)32-19-8-10-21-34(32)41/h1-26H. The Morgan fingerprint density at radius 3 is 1.56 bits per heavy atom. The Hall–Kier alpha value is -5.66. The van der Waals surface area contributed by atoms with Crippen LogP contribution in [0.4, 0.5) is 0 Å². The van der Waals surface area contributed by atoms with E-state index in [1.54, 1.807) is 0 Å². The average Bonchev–Trinajstić information content (AvgIpc) is 3.44. The van der Waals surface area contributed by atoms with Crippen LogP contribution >= 0.6 is 0 Å². The second-order valence-electron chi connectivity index (χ2n) is 11.2. The second kappa shape index (κ2) is 9.44. The molecule has 0 atom stereocenters. The van der Waals surface area contributed by atoms with Gasteiger partial charge in [-0.3, -0.25) is 0 Å². The van der Waals surface area contributed by atoms with Crippen LogP contribution in [0.5, 0.6) is 0 Å². The van der Waals surface area contributed by atoms with Crippen molar-refractivity contribution in [2.75, 3.05) is 0 Å². The van der Waals surface area contributed by atoms with Crippen molar-refractivity contribution >= 4 is 54.3 Å². The zero-order valence-corrected chi connectivity index (χ0v) is 23.4. The van der Waals surface area contributed by atoms with Crippen molar-refractivity contribution in [2.24, 2.45) is 0 Å². The van der Waals surface area contributed by atoms with Crippen molar-refractivity contribution in [3.63, 3.8) is 0 Å². The van der Waals surface area contributed by atoms with E-state index in [0.717, 1.165) is 21.9 Å². The van der Waals surface area contributed by atoms with E-state index >= 15 is 0 Å². The van der Waals surface area contributed by atoms with Crippen LogP contribution in [0.3, 0.4) is 0 Å². The fourth-order valence-corrected chi connectivity index (χ4v) is 7.01. The minimum absolute atomic E-state index is 0.907. The molecular weight excluding hydrogens is 520 g/mol. The molecule has 0 N–H and O–H groups in total. The normalized spacial score (nSPS) is 11.7. The first-order valence-electron chi connectivity index (χ1n) is 14.8. The van der Waals surface area contributed by atoms with E-state index in [4.69, 9.17) is 4.42 Å². The van der Waals surface area contributed by atoms with E-state index in [0.29, 0.717) is 0 Å². The summed E-state index contributed by atoms with van der Waals surface area (Å²) in [4.78, 5) is 0. The van der Waals surface area contributed by atoms with Gasteiger partial charge >= 0.3 is 0 Å². The molecule has 0 aliphatic heterocycles. The van der Waals surface area contributed by atoms with Crippen molar-refractivity contribution in [3.05, 3.63) is 158 Å². The first kappa shape index (κ1) is 24.0. The van der Waals surface area contributed by atoms with E-state index in [9.17, 15) is 0 Å². The van der Waals surface area contributed by atoms with E-state index in [2.05, 4.69) is 158 Å². The molecule has 0 bridgehead atoms. The van der Waals surface area contributed by atoms with Gasteiger partial charge in [-0.05, 0) is 83.9 Å². The van der Waals surface area contributed by atoms with Crippen LogP contribution in [-0.4, -0.2) is 0 Å². The second-order valence-corrected chi connectivity index (χ2v) is 11.2. The van der Waals surface area contributed by atoms with Crippen LogP contribution < -0.4 is 0 Å². The van der Waals surface area contributed by atoms with Crippen LogP contribution in [0.25, 0.3) is 87.6 Å². The number of hydrogen-bond donors (Lipinski definition) is 0. The van der Waals surface area contributed by atoms with Crippen LogP contribution in [0.15, 0.2) is 162 Å². The Morgan fingerprint density at radius 1 is 0.326 bits per heavy atom. The lowest BCUT2D eigenvalue weighted by atomic mass is 9.85. The molecule has 1 nitrogen and oxygen atoms in total. The highest BCUT2D eigenvalue weighted by molar-refractivity contribution is 6.26. The number of hydrogen-bond acceptors (Lipinski definition) is 1. The van der Waals surface area contributed by atoms with Gasteiger partial charge in [0.25, 0.3) is 0 Å². The summed E-state index contributed by atoms with van der Waals surface area (Å²) in [6, 6.07) is 56.6. The van der Waals surface area contributed by atoms with E-state index in [-0.39, 0.29) is 0 Å². The van der Waals surface area contributed by atoms with Gasteiger partial charge in [0, 0.05) is 10.8 Å². The van der Waals surface area contributed by atoms with Gasteiger partial charge in [-0.2, -0.15) is 0 Å². The maximum absolute atomic E-state index is 6.63. The summed E-state index contributed by atoms with van der Waals surface area (Å²) in [7, 11) is 0. The van der Waals surface area contributed by atoms with E-state index in [1.165, 1.54) is 65.7 Å². The lowest BCUT2D eigenvalue weighted by Gasteiger charge is -2.18. The topological polar surface area (TPSA) is 13.1 Å². The molecule has 0 unspecified atom stereocenters. The van der Waals surface area contributed by atoms with Crippen molar-refractivity contribution in [1.29, 1.82) is 0 Å². The van der Waals surface area contributed by atoms with Crippen molar-refractivity contribution in [3.8, 4) is 33.4 Å². The molecule has 0 saturated heterocycles. The first-order chi connectivity index (χ1) is 21.3. The minimum Gasteiger partial charge on any atom is -0.456 e. The number of furan rings is 1. The largest absolute Gasteiger partial charge is 0.456 e. The number of benzene rings is 8. The first-order valence-corrected chi connectivity index (χ1v) is 14.8. The lowest BCUT2D eigenvalue weighted by molar-refractivity contribution is 0.669. The summed E-state index contributed by atoms with van der Waals surface area (Å²) >= 11 is 0. The molecule has 0 amide bonds. The van der Waals surface area contributed by atoms with Crippen LogP contribution in [0.2, 0.25) is 0 Å². The fraction of sp³-hybridized carbons (Fsp3) is 0. The molecule has 1 aromatic heterocycles. The maximum Gasteiger partial charge on any atom is 0.136 e. The summed E-state index contributed by atoms with van der Waals surface area (Å²) in [5.74, 6) is 0. The molecule has 0 aliphatic rings. The molecule has 0 saturated carbocycles. The Bertz CT molecular complexity index is 2430. The molecular formula is C42H26O. The third-order valence-corrected chi connectivity index (χ3v) is 8.84. The molecule has 0 fully saturated rings. The van der Waals surface area contributed by atoms with Crippen LogP contribution in [-0.2, 0) is 0 Å². The lowest BCUT2D eigenvalue weighted by Crippen LogP contribution is -1.91. The van der Waals surface area contributed by atoms with Gasteiger partial charge in [-0.1, -0.05) is 140 Å². The summed E-state index contributed by atoms with van der Waals surface area (Å²) in [5.41, 5.74) is 9.19. The quantitative estimate of drug-likeness (QED) is 0.201. The fourth-order valence-electron chi connectivity index (χ4n) is 7.01. The smallest absolute Gasteiger partial charge is 0.136 e. The molecule has 0 spiro atoms. The predicted octanol–water partition coefficient (Wildman–Crippen LogP) is 12.0. The molecule has 0 aliphatic carbocycles. The Labute approximate surface area is 249 Å². The highest BCUT2D eigenvalue weighted by Crippen LogP contribution is 2.47. The molecule has 9 aromatic rings. The molecule has 1 heterocycles. The van der Waals surface area contributed by atoms with Crippen molar-refractivity contribution < 1.29 is 4.42 Å². The summed E-state index contributed by atoms with van der Waals surface area (Å²) in [5, 5.41) is 9.71. The Morgan fingerprint density at radius 2 is 0.884 bits per heavy atom. The summed E-state index contributed by atoms with van der Waals surface area (Å²) in [6.45, 7) is 0. The minimum atomic E-state index is 0.907. The average molecular weight is 547 g/mol. The summed E-state index contributed by atoms with van der Waals surface area (Å²) < 4.78 is 6.63. The van der Waals surface area contributed by atoms with Crippen molar-refractivity contribution in [2.45, 2.75) is 0 Å². The molecule has 200 valence electrons. The number of rotatable bonds is 3. The highest BCUT2D eigenvalue weighted by atomic mass is 16.3. The SMILES string of the molecule is c1ccc(-c2cccc3cc4c(cc23)oc2cccc(-c3c5ccccc5c(-c5ccccc5)c5ccccc35)c24)cc1. The Balaban J connectivity index is 1.39. The van der Waals surface area contributed by atoms with Gasteiger partial charge in [0.15, 0.2) is 0 Å². The molecule has 0 radical (unpaired) electrons. The highest BCUT2D eigenvalue weighted by Gasteiger charge is 2.20. The predicted molar refractivity (Wildman–Crippen MR) is 183 cm³/mol. The zero-order valence-electron chi connectivity index (χ0n) is 23.4. The third-order valence-electron chi connectivity index (χ3n) is 8.84. The van der Waals surface area contributed by atoms with Gasteiger partial charge < -0.3 is 4.42 Å². The monoisotopic (exact) mass is 546 g/mol. The third kappa shape index (κ3) is 3.65. The van der Waals surface area contributed by atoms with Gasteiger partial charge in [-0.25, -0.2) is 0 Å². The zero-order chi connectivity index (χ0) is 28.3.